The molecule has 0 aliphatic rings. The summed E-state index contributed by atoms with van der Waals surface area (Å²) in [4.78, 5) is 15.7. The van der Waals surface area contributed by atoms with Crippen molar-refractivity contribution >= 4 is 17.3 Å². The van der Waals surface area contributed by atoms with E-state index in [1.807, 2.05) is 12.3 Å². The largest absolute Gasteiger partial charge is 0.461 e. The summed E-state index contributed by atoms with van der Waals surface area (Å²) in [6.07, 6.45) is 0. The van der Waals surface area contributed by atoms with Gasteiger partial charge < -0.3 is 4.74 Å². The zero-order chi connectivity index (χ0) is 11.5. The van der Waals surface area contributed by atoms with Gasteiger partial charge >= 0.3 is 5.97 Å². The van der Waals surface area contributed by atoms with Crippen LogP contribution in [0.15, 0.2) is 11.4 Å². The van der Waals surface area contributed by atoms with Crippen molar-refractivity contribution in [3.63, 3.8) is 0 Å². The molecule has 6 heteroatoms. The second kappa shape index (κ2) is 4.44. The number of carbonyl (C=O) groups is 1. The Morgan fingerprint density at radius 2 is 2.38 bits per heavy atom. The normalized spacial score (nSPS) is 10.4. The number of thiazole rings is 1. The zero-order valence-electron chi connectivity index (χ0n) is 8.98. The van der Waals surface area contributed by atoms with Gasteiger partial charge in [0.15, 0.2) is 0 Å². The molecule has 0 saturated heterocycles. The summed E-state index contributed by atoms with van der Waals surface area (Å²) in [5.41, 5.74) is 1.78. The lowest BCUT2D eigenvalue weighted by atomic mass is 10.3. The van der Waals surface area contributed by atoms with Crippen LogP contribution in [0.2, 0.25) is 0 Å². The number of carbonyl (C=O) groups excluding carboxylic acids is 1. The summed E-state index contributed by atoms with van der Waals surface area (Å²) in [7, 11) is 0. The number of aromatic amines is 1. The molecular formula is C10H11N3O2S. The maximum absolute atomic E-state index is 11.4. The van der Waals surface area contributed by atoms with Crippen molar-refractivity contribution in [1.29, 1.82) is 0 Å². The fourth-order valence-corrected chi connectivity index (χ4v) is 1.85. The van der Waals surface area contributed by atoms with Gasteiger partial charge in [-0.15, -0.1) is 11.3 Å². The summed E-state index contributed by atoms with van der Waals surface area (Å²) < 4.78 is 4.85. The number of aryl methyl sites for hydroxylation is 1. The first-order chi connectivity index (χ1) is 7.70. The van der Waals surface area contributed by atoms with Crippen LogP contribution < -0.4 is 0 Å². The van der Waals surface area contributed by atoms with Crippen LogP contribution in [-0.2, 0) is 4.74 Å². The van der Waals surface area contributed by atoms with E-state index in [-0.39, 0.29) is 0 Å². The number of hydrogen-bond donors (Lipinski definition) is 1. The fourth-order valence-electron chi connectivity index (χ4n) is 1.25. The molecule has 0 saturated carbocycles. The second-order valence-corrected chi connectivity index (χ2v) is 4.20. The molecule has 2 aromatic rings. The molecule has 0 unspecified atom stereocenters. The number of rotatable bonds is 3. The highest BCUT2D eigenvalue weighted by atomic mass is 32.1. The number of nitrogens with one attached hydrogen (secondary N) is 1. The van der Waals surface area contributed by atoms with E-state index in [2.05, 4.69) is 15.2 Å². The van der Waals surface area contributed by atoms with E-state index in [9.17, 15) is 4.79 Å². The van der Waals surface area contributed by atoms with E-state index in [1.165, 1.54) is 0 Å². The molecule has 5 nitrogen and oxygen atoms in total. The quantitative estimate of drug-likeness (QED) is 0.829. The lowest BCUT2D eigenvalue weighted by molar-refractivity contribution is 0.0519. The number of hydrogen-bond acceptors (Lipinski definition) is 5. The van der Waals surface area contributed by atoms with Crippen molar-refractivity contribution in [1.82, 2.24) is 15.2 Å². The number of ether oxygens (including phenoxy) is 1. The topological polar surface area (TPSA) is 67.9 Å². The summed E-state index contributed by atoms with van der Waals surface area (Å²) in [6, 6.07) is 1.65. The van der Waals surface area contributed by atoms with Crippen LogP contribution in [0.1, 0.15) is 22.4 Å². The van der Waals surface area contributed by atoms with Gasteiger partial charge in [0, 0.05) is 11.4 Å². The smallest absolute Gasteiger partial charge is 0.356 e. The van der Waals surface area contributed by atoms with Crippen LogP contribution >= 0.6 is 11.3 Å². The molecule has 0 aliphatic carbocycles. The first-order valence-corrected chi connectivity index (χ1v) is 5.73. The molecule has 0 amide bonds. The molecule has 0 aromatic carbocycles. The highest BCUT2D eigenvalue weighted by molar-refractivity contribution is 7.09. The molecule has 0 bridgehead atoms. The van der Waals surface area contributed by atoms with Crippen LogP contribution in [-0.4, -0.2) is 27.8 Å². The van der Waals surface area contributed by atoms with Crippen molar-refractivity contribution in [2.75, 3.05) is 6.61 Å². The highest BCUT2D eigenvalue weighted by Gasteiger charge is 2.12. The lowest BCUT2D eigenvalue weighted by Crippen LogP contribution is -2.04. The number of H-pyrrole nitrogens is 1. The monoisotopic (exact) mass is 237 g/mol. The van der Waals surface area contributed by atoms with Gasteiger partial charge in [0.2, 0.25) is 0 Å². The summed E-state index contributed by atoms with van der Waals surface area (Å²) >= 11 is 1.55. The van der Waals surface area contributed by atoms with Crippen molar-refractivity contribution in [2.45, 2.75) is 13.8 Å². The van der Waals surface area contributed by atoms with E-state index in [0.29, 0.717) is 18.0 Å². The molecule has 0 radical (unpaired) electrons. The summed E-state index contributed by atoms with van der Waals surface area (Å²) in [6.45, 7) is 4.04. The lowest BCUT2D eigenvalue weighted by Gasteiger charge is -1.95. The Hall–Kier alpha value is -1.69. The zero-order valence-corrected chi connectivity index (χ0v) is 9.80. The van der Waals surface area contributed by atoms with E-state index in [0.717, 1.165) is 10.7 Å². The van der Waals surface area contributed by atoms with Crippen LogP contribution in [0, 0.1) is 6.92 Å². The van der Waals surface area contributed by atoms with Crippen molar-refractivity contribution in [3.8, 4) is 11.4 Å². The standard InChI is InChI=1S/C10H11N3O2S/c1-3-15-10(14)8-4-7(12-13-8)9-5-16-6(2)11-9/h4-5H,3H2,1-2H3,(H,12,13). The molecular weight excluding hydrogens is 226 g/mol. The Bertz CT molecular complexity index is 504. The first-order valence-electron chi connectivity index (χ1n) is 4.85. The number of nitrogens with zero attached hydrogens (tertiary/aromatic N) is 2. The van der Waals surface area contributed by atoms with Crippen molar-refractivity contribution in [2.24, 2.45) is 0 Å². The maximum atomic E-state index is 11.4. The SMILES string of the molecule is CCOC(=O)c1cc(-c2csc(C)n2)n[nH]1. The predicted molar refractivity (Wildman–Crippen MR) is 60.4 cm³/mol. The van der Waals surface area contributed by atoms with Crippen LogP contribution in [0.25, 0.3) is 11.4 Å². The molecule has 84 valence electrons. The van der Waals surface area contributed by atoms with Gasteiger partial charge in [-0.1, -0.05) is 0 Å². The molecule has 0 atom stereocenters. The molecule has 16 heavy (non-hydrogen) atoms. The van der Waals surface area contributed by atoms with Gasteiger partial charge in [0.05, 0.1) is 11.6 Å². The highest BCUT2D eigenvalue weighted by Crippen LogP contribution is 2.20. The fraction of sp³-hybridized carbons (Fsp3) is 0.300. The van der Waals surface area contributed by atoms with E-state index in [4.69, 9.17) is 4.74 Å². The van der Waals surface area contributed by atoms with Gasteiger partial charge in [0.25, 0.3) is 0 Å². The molecule has 0 spiro atoms. The third-order valence-corrected chi connectivity index (χ3v) is 2.73. The molecule has 0 fully saturated rings. The van der Waals surface area contributed by atoms with E-state index in [1.54, 1.807) is 24.3 Å². The maximum Gasteiger partial charge on any atom is 0.356 e. The van der Waals surface area contributed by atoms with Gasteiger partial charge in [-0.05, 0) is 13.8 Å². The summed E-state index contributed by atoms with van der Waals surface area (Å²) in [5.74, 6) is -0.395. The number of esters is 1. The minimum absolute atomic E-state index is 0.350. The Labute approximate surface area is 96.5 Å². The molecule has 2 rings (SSSR count). The Balaban J connectivity index is 2.22. The Morgan fingerprint density at radius 1 is 1.56 bits per heavy atom. The second-order valence-electron chi connectivity index (χ2n) is 3.14. The first kappa shape index (κ1) is 10.8. The van der Waals surface area contributed by atoms with E-state index >= 15 is 0 Å². The molecule has 2 heterocycles. The molecule has 0 aliphatic heterocycles. The van der Waals surface area contributed by atoms with Crippen molar-refractivity contribution < 1.29 is 9.53 Å². The van der Waals surface area contributed by atoms with Gasteiger partial charge in [-0.3, -0.25) is 5.10 Å². The summed E-state index contributed by atoms with van der Waals surface area (Å²) in [5, 5.41) is 9.53. The minimum Gasteiger partial charge on any atom is -0.461 e. The third-order valence-electron chi connectivity index (χ3n) is 1.95. The van der Waals surface area contributed by atoms with E-state index < -0.39 is 5.97 Å². The Morgan fingerprint density at radius 3 is 3.00 bits per heavy atom. The minimum atomic E-state index is -0.395. The van der Waals surface area contributed by atoms with Crippen LogP contribution in [0.4, 0.5) is 0 Å². The van der Waals surface area contributed by atoms with Crippen LogP contribution in [0.5, 0.6) is 0 Å². The number of aromatic nitrogens is 3. The average Bonchev–Trinajstić information content (AvgIpc) is 2.85. The Kier molecular flexibility index (Phi) is 3.00. The molecule has 1 N–H and O–H groups in total. The predicted octanol–water partition coefficient (Wildman–Crippen LogP) is 2.02. The van der Waals surface area contributed by atoms with Crippen molar-refractivity contribution in [3.05, 3.63) is 22.1 Å². The van der Waals surface area contributed by atoms with Crippen LogP contribution in [0.3, 0.4) is 0 Å². The molecule has 2 aromatic heterocycles. The van der Waals surface area contributed by atoms with Gasteiger partial charge in [-0.25, -0.2) is 9.78 Å². The third kappa shape index (κ3) is 2.11. The van der Waals surface area contributed by atoms with Gasteiger partial charge in [0.1, 0.15) is 17.1 Å². The average molecular weight is 237 g/mol. The van der Waals surface area contributed by atoms with Gasteiger partial charge in [-0.2, -0.15) is 5.10 Å².